The zero-order valence-corrected chi connectivity index (χ0v) is 12.2. The molecule has 0 N–H and O–H groups in total. The number of carboxylic acids is 1. The predicted octanol–water partition coefficient (Wildman–Crippen LogP) is -2.15. The maximum Gasteiger partial charge on any atom is 1.00 e. The summed E-state index contributed by atoms with van der Waals surface area (Å²) in [6, 6.07) is 7.11. The fraction of sp³-hybridized carbons (Fsp3) is 0.182. The van der Waals surface area contributed by atoms with Crippen LogP contribution in [0.15, 0.2) is 29.8 Å². The smallest absolute Gasteiger partial charge is 0.545 e. The molecule has 0 aliphatic rings. The molecule has 0 bridgehead atoms. The van der Waals surface area contributed by atoms with Crippen LogP contribution in [0.1, 0.15) is 12.5 Å². The Morgan fingerprint density at radius 2 is 1.87 bits per heavy atom. The molecule has 0 heterocycles. The number of hydrogen-bond donors (Lipinski definition) is 0. The third-order valence-electron chi connectivity index (χ3n) is 1.82. The molecule has 0 aromatic heterocycles. The average molecular weight is 230 g/mol. The van der Waals surface area contributed by atoms with Gasteiger partial charge in [-0.25, -0.2) is 0 Å². The number of carboxylic acid groups (broad SMARTS) is 1. The number of carbonyl (C=O) groups excluding carboxylic acids is 1. The average Bonchev–Trinajstić information content (AvgIpc) is 2.19. The minimum atomic E-state index is -1.15. The van der Waals surface area contributed by atoms with Crippen molar-refractivity contribution in [2.75, 3.05) is 7.11 Å². The van der Waals surface area contributed by atoms with Crippen LogP contribution in [0.4, 0.5) is 0 Å². The van der Waals surface area contributed by atoms with Gasteiger partial charge in [0.15, 0.2) is 0 Å². The maximum atomic E-state index is 10.4. The number of benzene rings is 1. The van der Waals surface area contributed by atoms with Crippen LogP contribution < -0.4 is 61.2 Å². The van der Waals surface area contributed by atoms with Crippen LogP contribution in [0.2, 0.25) is 0 Å². The van der Waals surface area contributed by atoms with E-state index in [4.69, 9.17) is 4.74 Å². The molecule has 0 atom stereocenters. The van der Waals surface area contributed by atoms with Crippen molar-refractivity contribution in [3.63, 3.8) is 0 Å². The minimum Gasteiger partial charge on any atom is -0.545 e. The first kappa shape index (κ1) is 14.9. The SMILES string of the molecule is COc1ccc(C=C(C)C(=O)[O-])cc1.[K+]. The van der Waals surface area contributed by atoms with E-state index in [2.05, 4.69) is 0 Å². The first-order valence-corrected chi connectivity index (χ1v) is 4.17. The van der Waals surface area contributed by atoms with Gasteiger partial charge < -0.3 is 14.6 Å². The Kier molecular flexibility index (Phi) is 7.13. The zero-order chi connectivity index (χ0) is 10.6. The molecule has 0 radical (unpaired) electrons. The van der Waals surface area contributed by atoms with Crippen molar-refractivity contribution in [1.82, 2.24) is 0 Å². The molecule has 0 aliphatic heterocycles. The molecule has 0 fully saturated rings. The van der Waals surface area contributed by atoms with E-state index in [9.17, 15) is 9.90 Å². The van der Waals surface area contributed by atoms with E-state index in [1.807, 2.05) is 0 Å². The molecule has 1 aromatic rings. The van der Waals surface area contributed by atoms with E-state index in [0.29, 0.717) is 0 Å². The van der Waals surface area contributed by atoms with Gasteiger partial charge in [0, 0.05) is 0 Å². The number of aliphatic carboxylic acids is 1. The zero-order valence-electron chi connectivity index (χ0n) is 9.11. The second-order valence-electron chi connectivity index (χ2n) is 2.89. The van der Waals surface area contributed by atoms with Crippen molar-refractivity contribution in [3.8, 4) is 5.75 Å². The molecular weight excluding hydrogens is 219 g/mol. The van der Waals surface area contributed by atoms with E-state index in [1.165, 1.54) is 6.92 Å². The molecule has 15 heavy (non-hydrogen) atoms. The molecule has 0 aliphatic carbocycles. The molecule has 0 saturated heterocycles. The Labute approximate surface area is 132 Å². The summed E-state index contributed by atoms with van der Waals surface area (Å²) < 4.78 is 4.97. The van der Waals surface area contributed by atoms with Gasteiger partial charge in [0.05, 0.1) is 13.1 Å². The van der Waals surface area contributed by atoms with Crippen LogP contribution in [-0.4, -0.2) is 13.1 Å². The molecule has 0 saturated carbocycles. The monoisotopic (exact) mass is 230 g/mol. The predicted molar refractivity (Wildman–Crippen MR) is 51.7 cm³/mol. The number of methoxy groups -OCH3 is 1. The number of hydrogen-bond acceptors (Lipinski definition) is 3. The van der Waals surface area contributed by atoms with Gasteiger partial charge >= 0.3 is 51.4 Å². The van der Waals surface area contributed by atoms with Crippen LogP contribution >= 0.6 is 0 Å². The fourth-order valence-corrected chi connectivity index (χ4v) is 1.01. The second kappa shape index (κ2) is 7.19. The molecule has 1 aromatic carbocycles. The van der Waals surface area contributed by atoms with Crippen LogP contribution in [-0.2, 0) is 4.79 Å². The summed E-state index contributed by atoms with van der Waals surface area (Å²) in [5.74, 6) is -0.408. The van der Waals surface area contributed by atoms with Gasteiger partial charge in [0.2, 0.25) is 0 Å². The van der Waals surface area contributed by atoms with Gasteiger partial charge in [-0.2, -0.15) is 0 Å². The van der Waals surface area contributed by atoms with Crippen LogP contribution in [0.25, 0.3) is 6.08 Å². The van der Waals surface area contributed by atoms with Crippen LogP contribution in [0.3, 0.4) is 0 Å². The molecule has 0 amide bonds. The third kappa shape index (κ3) is 4.95. The van der Waals surface area contributed by atoms with Gasteiger partial charge in [-0.3, -0.25) is 0 Å². The van der Waals surface area contributed by atoms with Crippen LogP contribution in [0.5, 0.6) is 5.75 Å². The minimum absolute atomic E-state index is 0. The van der Waals surface area contributed by atoms with E-state index in [1.54, 1.807) is 37.5 Å². The molecular formula is C11H11KO3. The Hall–Kier alpha value is -0.134. The van der Waals surface area contributed by atoms with Gasteiger partial charge in [-0.1, -0.05) is 18.2 Å². The van der Waals surface area contributed by atoms with Crippen molar-refractivity contribution < 1.29 is 66.0 Å². The van der Waals surface area contributed by atoms with E-state index >= 15 is 0 Å². The standard InChI is InChI=1S/C11H12O3.K/c1-8(11(12)13)7-9-3-5-10(14-2)6-4-9;/h3-7H,1-2H3,(H,12,13);/q;+1/p-1. The van der Waals surface area contributed by atoms with Crippen molar-refractivity contribution >= 4 is 12.0 Å². The summed E-state index contributed by atoms with van der Waals surface area (Å²) in [5, 5.41) is 10.4. The number of rotatable bonds is 3. The second-order valence-corrected chi connectivity index (χ2v) is 2.89. The normalized spacial score (nSPS) is 10.4. The first-order valence-electron chi connectivity index (χ1n) is 4.17. The molecule has 1 rings (SSSR count). The largest absolute Gasteiger partial charge is 1.00 e. The van der Waals surface area contributed by atoms with Crippen molar-refractivity contribution in [2.24, 2.45) is 0 Å². The number of ether oxygens (including phenoxy) is 1. The topological polar surface area (TPSA) is 49.4 Å². The van der Waals surface area contributed by atoms with Gasteiger partial charge in [-0.05, 0) is 30.2 Å². The van der Waals surface area contributed by atoms with Gasteiger partial charge in [-0.15, -0.1) is 0 Å². The summed E-state index contributed by atoms with van der Waals surface area (Å²) in [4.78, 5) is 10.4. The van der Waals surface area contributed by atoms with Crippen molar-refractivity contribution in [3.05, 3.63) is 35.4 Å². The summed E-state index contributed by atoms with van der Waals surface area (Å²) >= 11 is 0. The van der Waals surface area contributed by atoms with E-state index in [-0.39, 0.29) is 57.0 Å². The quantitative estimate of drug-likeness (QED) is 0.439. The van der Waals surface area contributed by atoms with Crippen LogP contribution in [0, 0.1) is 0 Å². The van der Waals surface area contributed by atoms with Crippen molar-refractivity contribution in [2.45, 2.75) is 6.92 Å². The fourth-order valence-electron chi connectivity index (χ4n) is 1.01. The third-order valence-corrected chi connectivity index (χ3v) is 1.82. The Morgan fingerprint density at radius 1 is 1.33 bits per heavy atom. The Balaban J connectivity index is 0.00000196. The van der Waals surface area contributed by atoms with E-state index in [0.717, 1.165) is 11.3 Å². The maximum absolute atomic E-state index is 10.4. The van der Waals surface area contributed by atoms with Gasteiger partial charge in [0.1, 0.15) is 5.75 Å². The Morgan fingerprint density at radius 3 is 2.27 bits per heavy atom. The molecule has 0 spiro atoms. The summed E-state index contributed by atoms with van der Waals surface area (Å²) in [7, 11) is 1.58. The summed E-state index contributed by atoms with van der Waals surface area (Å²) in [5.41, 5.74) is 1.02. The summed E-state index contributed by atoms with van der Waals surface area (Å²) in [6.07, 6.45) is 1.55. The molecule has 0 unspecified atom stereocenters. The number of carbonyl (C=O) groups is 1. The van der Waals surface area contributed by atoms with Crippen molar-refractivity contribution in [1.29, 1.82) is 0 Å². The first-order chi connectivity index (χ1) is 6.63. The molecule has 3 nitrogen and oxygen atoms in total. The molecule has 74 valence electrons. The summed E-state index contributed by atoms with van der Waals surface area (Å²) in [6.45, 7) is 1.50. The Bertz CT molecular complexity index is 355. The van der Waals surface area contributed by atoms with E-state index < -0.39 is 5.97 Å². The molecule has 4 heteroatoms. The van der Waals surface area contributed by atoms with Gasteiger partial charge in [0.25, 0.3) is 0 Å².